The molecule has 0 heterocycles. The number of aryl methyl sites for hydroxylation is 3. The lowest BCUT2D eigenvalue weighted by Gasteiger charge is -2.16. The van der Waals surface area contributed by atoms with Gasteiger partial charge in [0.25, 0.3) is 5.84 Å². The van der Waals surface area contributed by atoms with Gasteiger partial charge in [-0.1, -0.05) is 17.7 Å². The smallest absolute Gasteiger partial charge is 0.267 e. The number of rotatable bonds is 1. The highest BCUT2D eigenvalue weighted by molar-refractivity contribution is 5.97. The van der Waals surface area contributed by atoms with Gasteiger partial charge in [-0.2, -0.15) is 0 Å². The van der Waals surface area contributed by atoms with Crippen LogP contribution in [0.25, 0.3) is 0 Å². The lowest BCUT2D eigenvalue weighted by Crippen LogP contribution is -2.32. The topological polar surface area (TPSA) is 6.25 Å². The second kappa shape index (κ2) is 4.69. The predicted molar refractivity (Wildman–Crippen MR) is 70.6 cm³/mol. The maximum Gasteiger partial charge on any atom is 0.278 e. The molecule has 1 rings (SSSR count). The summed E-state index contributed by atoms with van der Waals surface area (Å²) < 4.78 is 2.17. The van der Waals surface area contributed by atoms with Crippen LogP contribution in [0.1, 0.15) is 22.3 Å². The van der Waals surface area contributed by atoms with E-state index in [1.54, 1.807) is 0 Å². The van der Waals surface area contributed by atoms with Crippen LogP contribution in [0.5, 0.6) is 0 Å². The minimum absolute atomic E-state index is 1.26. The Morgan fingerprint density at radius 1 is 1.00 bits per heavy atom. The molecule has 0 radical (unpaired) electrons. The highest BCUT2D eigenvalue weighted by atomic mass is 15.2. The zero-order valence-corrected chi connectivity index (χ0v) is 11.5. The van der Waals surface area contributed by atoms with Crippen molar-refractivity contribution in [2.75, 3.05) is 28.2 Å². The minimum Gasteiger partial charge on any atom is -0.267 e. The Hall–Kier alpha value is -1.31. The molecule has 2 heteroatoms. The summed E-state index contributed by atoms with van der Waals surface area (Å²) in [7, 11) is 8.37. The molecule has 0 aromatic heterocycles. The van der Waals surface area contributed by atoms with Crippen molar-refractivity contribution in [2.24, 2.45) is 0 Å². The Bertz CT molecular complexity index is 401. The van der Waals surface area contributed by atoms with E-state index in [1.807, 2.05) is 0 Å². The zero-order valence-electron chi connectivity index (χ0n) is 11.5. The normalized spacial score (nSPS) is 10.2. The fourth-order valence-electron chi connectivity index (χ4n) is 2.38. The molecule has 2 nitrogen and oxygen atoms in total. The first-order valence-electron chi connectivity index (χ1n) is 5.64. The second-order valence-electron chi connectivity index (χ2n) is 4.89. The molecule has 0 amide bonds. The van der Waals surface area contributed by atoms with Gasteiger partial charge in [-0.15, -0.1) is 0 Å². The van der Waals surface area contributed by atoms with Gasteiger partial charge >= 0.3 is 0 Å². The van der Waals surface area contributed by atoms with E-state index in [0.29, 0.717) is 0 Å². The monoisotopic (exact) mass is 219 g/mol. The van der Waals surface area contributed by atoms with Crippen molar-refractivity contribution in [1.29, 1.82) is 0 Å². The van der Waals surface area contributed by atoms with Gasteiger partial charge in [-0.05, 0) is 31.9 Å². The first-order valence-corrected chi connectivity index (χ1v) is 5.64. The summed E-state index contributed by atoms with van der Waals surface area (Å²) in [5, 5.41) is 0. The summed E-state index contributed by atoms with van der Waals surface area (Å²) in [6.07, 6.45) is 0. The fraction of sp³-hybridized carbons (Fsp3) is 0.500. The van der Waals surface area contributed by atoms with Crippen molar-refractivity contribution >= 4 is 5.84 Å². The van der Waals surface area contributed by atoms with Crippen LogP contribution in [0.4, 0.5) is 0 Å². The number of benzene rings is 1. The van der Waals surface area contributed by atoms with Crippen LogP contribution in [-0.4, -0.2) is 43.5 Å². The second-order valence-corrected chi connectivity index (χ2v) is 4.89. The van der Waals surface area contributed by atoms with Gasteiger partial charge in [-0.25, -0.2) is 0 Å². The highest BCUT2D eigenvalue weighted by Gasteiger charge is 2.19. The zero-order chi connectivity index (χ0) is 12.5. The third-order valence-electron chi connectivity index (χ3n) is 2.75. The molecule has 0 atom stereocenters. The molecule has 88 valence electrons. The Labute approximate surface area is 99.2 Å². The minimum atomic E-state index is 1.26. The van der Waals surface area contributed by atoms with Crippen LogP contribution in [0, 0.1) is 20.8 Å². The number of hydrogen-bond acceptors (Lipinski definition) is 0. The summed E-state index contributed by atoms with van der Waals surface area (Å²) in [6, 6.07) is 4.49. The van der Waals surface area contributed by atoms with Crippen LogP contribution in [-0.2, 0) is 0 Å². The van der Waals surface area contributed by atoms with Crippen LogP contribution in [0.3, 0.4) is 0 Å². The molecule has 0 saturated heterocycles. The van der Waals surface area contributed by atoms with Gasteiger partial charge in [0.2, 0.25) is 0 Å². The van der Waals surface area contributed by atoms with Gasteiger partial charge in [-0.3, -0.25) is 9.48 Å². The molecular weight excluding hydrogens is 196 g/mol. The van der Waals surface area contributed by atoms with E-state index in [1.165, 1.54) is 28.1 Å². The SMILES string of the molecule is Cc1cc(C)c(C(N(C)C)=[N+](C)C)c(C)c1. The lowest BCUT2D eigenvalue weighted by atomic mass is 9.98. The summed E-state index contributed by atoms with van der Waals surface area (Å²) in [5.41, 5.74) is 5.36. The molecule has 16 heavy (non-hydrogen) atoms. The Balaban J connectivity index is 3.49. The lowest BCUT2D eigenvalue weighted by molar-refractivity contribution is -0.469. The van der Waals surface area contributed by atoms with Crippen LogP contribution < -0.4 is 0 Å². The van der Waals surface area contributed by atoms with E-state index in [4.69, 9.17) is 0 Å². The maximum atomic E-state index is 2.25. The van der Waals surface area contributed by atoms with Gasteiger partial charge in [0, 0.05) is 0 Å². The average Bonchev–Trinajstić information content (AvgIpc) is 2.09. The average molecular weight is 219 g/mol. The van der Waals surface area contributed by atoms with Crippen LogP contribution in [0.2, 0.25) is 0 Å². The number of amidine groups is 1. The van der Waals surface area contributed by atoms with Crippen molar-refractivity contribution < 1.29 is 4.58 Å². The van der Waals surface area contributed by atoms with Crippen LogP contribution in [0.15, 0.2) is 12.1 Å². The first kappa shape index (κ1) is 12.8. The molecule has 0 saturated carbocycles. The van der Waals surface area contributed by atoms with Gasteiger partial charge in [0.1, 0.15) is 0 Å². The molecule has 0 aliphatic heterocycles. The molecule has 1 aromatic carbocycles. The Morgan fingerprint density at radius 2 is 1.44 bits per heavy atom. The van der Waals surface area contributed by atoms with E-state index in [0.717, 1.165) is 0 Å². The summed E-state index contributed by atoms with van der Waals surface area (Å²) in [6.45, 7) is 6.51. The highest BCUT2D eigenvalue weighted by Crippen LogP contribution is 2.17. The third-order valence-corrected chi connectivity index (χ3v) is 2.75. The van der Waals surface area contributed by atoms with Crippen LogP contribution >= 0.6 is 0 Å². The summed E-state index contributed by atoms with van der Waals surface area (Å²) in [5.74, 6) is 1.26. The summed E-state index contributed by atoms with van der Waals surface area (Å²) >= 11 is 0. The number of nitrogens with zero attached hydrogens (tertiary/aromatic N) is 2. The third kappa shape index (κ3) is 2.43. The molecule has 0 aliphatic rings. The van der Waals surface area contributed by atoms with E-state index < -0.39 is 0 Å². The van der Waals surface area contributed by atoms with Crippen molar-refractivity contribution in [1.82, 2.24) is 4.90 Å². The summed E-state index contributed by atoms with van der Waals surface area (Å²) in [4.78, 5) is 2.17. The van der Waals surface area contributed by atoms with Gasteiger partial charge in [0.05, 0.1) is 33.8 Å². The van der Waals surface area contributed by atoms with E-state index in [2.05, 4.69) is 70.6 Å². The maximum absolute atomic E-state index is 2.25. The molecule has 1 aromatic rings. The Morgan fingerprint density at radius 3 is 1.75 bits per heavy atom. The number of hydrogen-bond donors (Lipinski definition) is 0. The fourth-order valence-corrected chi connectivity index (χ4v) is 2.38. The molecule has 0 fully saturated rings. The van der Waals surface area contributed by atoms with E-state index >= 15 is 0 Å². The van der Waals surface area contributed by atoms with Crippen molar-refractivity contribution in [3.8, 4) is 0 Å². The standard InChI is InChI=1S/C14H23N2/c1-10-8-11(2)13(12(3)9-10)14(15(4)5)16(6)7/h8-9H,1-7H3/q+1. The molecule has 0 unspecified atom stereocenters. The molecule has 0 bridgehead atoms. The molecular formula is C14H23N2+. The van der Waals surface area contributed by atoms with Crippen molar-refractivity contribution in [2.45, 2.75) is 20.8 Å². The molecule has 0 N–H and O–H groups in total. The van der Waals surface area contributed by atoms with Gasteiger partial charge < -0.3 is 0 Å². The largest absolute Gasteiger partial charge is 0.278 e. The quantitative estimate of drug-likeness (QED) is 0.399. The van der Waals surface area contributed by atoms with Crippen molar-refractivity contribution in [3.05, 3.63) is 34.4 Å². The first-order chi connectivity index (χ1) is 7.34. The molecule has 0 aliphatic carbocycles. The Kier molecular flexibility index (Phi) is 3.74. The van der Waals surface area contributed by atoms with Gasteiger partial charge in [0.15, 0.2) is 0 Å². The predicted octanol–water partition coefficient (Wildman–Crippen LogP) is 2.19. The van der Waals surface area contributed by atoms with E-state index in [9.17, 15) is 0 Å². The molecule has 0 spiro atoms. The van der Waals surface area contributed by atoms with E-state index in [-0.39, 0.29) is 0 Å². The van der Waals surface area contributed by atoms with Crippen molar-refractivity contribution in [3.63, 3.8) is 0 Å².